The second kappa shape index (κ2) is 4.11. The molecule has 1 aliphatic heterocycles. The summed E-state index contributed by atoms with van der Waals surface area (Å²) in [6, 6.07) is 20.0. The summed E-state index contributed by atoms with van der Waals surface area (Å²) >= 11 is 5.32. The molecule has 2 aliphatic rings. The van der Waals surface area contributed by atoms with Crippen LogP contribution in [0.25, 0.3) is 17.1 Å². The molecular formula is C14H10N2S. The number of hydrogen-bond donors (Lipinski definition) is 0. The zero-order chi connectivity index (χ0) is 11.7. The van der Waals surface area contributed by atoms with Crippen molar-refractivity contribution in [3.8, 4) is 17.1 Å². The molecule has 1 aliphatic carbocycles. The monoisotopic (exact) mass is 238 g/mol. The lowest BCUT2D eigenvalue weighted by molar-refractivity contribution is 1.05. The molecule has 0 bridgehead atoms. The molecule has 82 valence electrons. The minimum atomic E-state index is 0.595. The zero-order valence-corrected chi connectivity index (χ0v) is 9.89. The molecule has 0 amide bonds. The van der Waals surface area contributed by atoms with E-state index in [2.05, 4.69) is 4.98 Å². The number of nitrogens with zero attached hydrogens (tertiary/aromatic N) is 2. The first kappa shape index (κ1) is 10.2. The highest BCUT2D eigenvalue weighted by Crippen LogP contribution is 2.23. The maximum atomic E-state index is 5.32. The first-order valence-corrected chi connectivity index (χ1v) is 5.80. The van der Waals surface area contributed by atoms with Gasteiger partial charge in [-0.3, -0.25) is 4.57 Å². The van der Waals surface area contributed by atoms with Crippen LogP contribution in [0.3, 0.4) is 0 Å². The molecule has 0 radical (unpaired) electrons. The predicted octanol–water partition coefficient (Wildman–Crippen LogP) is 3.71. The molecule has 2 nitrogen and oxygen atoms in total. The van der Waals surface area contributed by atoms with E-state index < -0.39 is 0 Å². The van der Waals surface area contributed by atoms with Gasteiger partial charge in [0, 0.05) is 5.69 Å². The van der Waals surface area contributed by atoms with Crippen molar-refractivity contribution in [3.63, 3.8) is 0 Å². The summed E-state index contributed by atoms with van der Waals surface area (Å²) in [5.41, 5.74) is 3.00. The minimum Gasteiger partial charge on any atom is -0.284 e. The van der Waals surface area contributed by atoms with E-state index in [4.69, 9.17) is 12.2 Å². The quantitative estimate of drug-likeness (QED) is 0.601. The van der Waals surface area contributed by atoms with Crippen LogP contribution < -0.4 is 0 Å². The van der Waals surface area contributed by atoms with E-state index in [9.17, 15) is 0 Å². The molecule has 1 aromatic rings. The van der Waals surface area contributed by atoms with Crippen molar-refractivity contribution in [3.05, 3.63) is 65.4 Å². The standard InChI is InChI=1S/C14H10N2S/c17-14-15-12-9-5-2-6-10-13(12)16(14)11-7-3-1-4-8-11/h1-10H. The summed E-state index contributed by atoms with van der Waals surface area (Å²) < 4.78 is 2.59. The van der Waals surface area contributed by atoms with Crippen LogP contribution in [-0.4, -0.2) is 9.55 Å². The summed E-state index contributed by atoms with van der Waals surface area (Å²) in [6.45, 7) is 0. The van der Waals surface area contributed by atoms with Crippen molar-refractivity contribution in [1.29, 1.82) is 0 Å². The van der Waals surface area contributed by atoms with Gasteiger partial charge in [0.05, 0.1) is 11.4 Å². The average molecular weight is 238 g/mol. The van der Waals surface area contributed by atoms with E-state index in [-0.39, 0.29) is 0 Å². The van der Waals surface area contributed by atoms with Gasteiger partial charge in [0.15, 0.2) is 0 Å². The molecular weight excluding hydrogens is 228 g/mol. The van der Waals surface area contributed by atoms with E-state index in [1.54, 1.807) is 0 Å². The lowest BCUT2D eigenvalue weighted by Crippen LogP contribution is -1.94. The van der Waals surface area contributed by atoms with Gasteiger partial charge in [0.2, 0.25) is 4.77 Å². The molecule has 0 unspecified atom stereocenters. The van der Waals surface area contributed by atoms with Gasteiger partial charge in [0.25, 0.3) is 0 Å². The average Bonchev–Trinajstić information content (AvgIpc) is 2.52. The van der Waals surface area contributed by atoms with E-state index in [1.165, 1.54) is 0 Å². The second-order valence-corrected chi connectivity index (χ2v) is 4.11. The molecule has 0 spiro atoms. The summed E-state index contributed by atoms with van der Waals surface area (Å²) in [6.07, 6.45) is 0. The van der Waals surface area contributed by atoms with Crippen LogP contribution in [0, 0.1) is 4.77 Å². The second-order valence-electron chi connectivity index (χ2n) is 3.75. The van der Waals surface area contributed by atoms with E-state index in [0.717, 1.165) is 17.1 Å². The number of hydrogen-bond acceptors (Lipinski definition) is 2. The molecule has 17 heavy (non-hydrogen) atoms. The van der Waals surface area contributed by atoms with Gasteiger partial charge in [-0.15, -0.1) is 0 Å². The van der Waals surface area contributed by atoms with Crippen LogP contribution in [0.5, 0.6) is 0 Å². The Labute approximate surface area is 105 Å². The number of fused-ring (bicyclic) bond motifs is 1. The first-order valence-electron chi connectivity index (χ1n) is 5.39. The highest BCUT2D eigenvalue weighted by atomic mass is 32.1. The topological polar surface area (TPSA) is 17.8 Å². The molecule has 0 saturated heterocycles. The molecule has 1 aromatic carbocycles. The maximum Gasteiger partial charge on any atom is 0.205 e. The summed E-state index contributed by atoms with van der Waals surface area (Å²) in [5, 5.41) is 0. The van der Waals surface area contributed by atoms with Gasteiger partial charge in [-0.2, -0.15) is 0 Å². The van der Waals surface area contributed by atoms with Gasteiger partial charge < -0.3 is 0 Å². The van der Waals surface area contributed by atoms with Crippen molar-refractivity contribution in [1.82, 2.24) is 9.55 Å². The Bertz CT molecular complexity index is 673. The van der Waals surface area contributed by atoms with E-state index >= 15 is 0 Å². The summed E-state index contributed by atoms with van der Waals surface area (Å²) in [4.78, 5) is 4.41. The molecule has 0 saturated carbocycles. The molecule has 3 heteroatoms. The van der Waals surface area contributed by atoms with Gasteiger partial charge >= 0.3 is 0 Å². The van der Waals surface area contributed by atoms with Crippen LogP contribution in [0.1, 0.15) is 0 Å². The largest absolute Gasteiger partial charge is 0.284 e. The van der Waals surface area contributed by atoms with E-state index in [1.807, 2.05) is 65.2 Å². The third kappa shape index (κ3) is 1.74. The van der Waals surface area contributed by atoms with Crippen LogP contribution in [0.2, 0.25) is 0 Å². The van der Waals surface area contributed by atoms with Gasteiger partial charge in [-0.05, 0) is 36.5 Å². The lowest BCUT2D eigenvalue weighted by atomic mass is 10.3. The predicted molar refractivity (Wildman–Crippen MR) is 71.0 cm³/mol. The SMILES string of the molecule is S=c1nc2cccccc-2n1-c1ccccc1. The van der Waals surface area contributed by atoms with Crippen LogP contribution in [-0.2, 0) is 0 Å². The summed E-state index contributed by atoms with van der Waals surface area (Å²) in [7, 11) is 0. The fourth-order valence-electron chi connectivity index (χ4n) is 1.89. The third-order valence-electron chi connectivity index (χ3n) is 2.66. The Morgan fingerprint density at radius 1 is 0.824 bits per heavy atom. The van der Waals surface area contributed by atoms with Crippen LogP contribution in [0.4, 0.5) is 0 Å². The number of rotatable bonds is 1. The van der Waals surface area contributed by atoms with Crippen LogP contribution in [0.15, 0.2) is 60.7 Å². The highest BCUT2D eigenvalue weighted by molar-refractivity contribution is 7.71. The zero-order valence-electron chi connectivity index (χ0n) is 9.08. The Morgan fingerprint density at radius 2 is 1.47 bits per heavy atom. The normalized spacial score (nSPS) is 10.6. The molecule has 0 fully saturated rings. The van der Waals surface area contributed by atoms with Gasteiger partial charge in [-0.25, -0.2) is 4.98 Å². The first-order chi connectivity index (χ1) is 8.36. The van der Waals surface area contributed by atoms with Crippen molar-refractivity contribution in [2.45, 2.75) is 0 Å². The van der Waals surface area contributed by atoms with Crippen molar-refractivity contribution in [2.75, 3.05) is 0 Å². The van der Waals surface area contributed by atoms with Gasteiger partial charge in [-0.1, -0.05) is 36.4 Å². The number of aromatic nitrogens is 2. The lowest BCUT2D eigenvalue weighted by Gasteiger charge is -2.04. The van der Waals surface area contributed by atoms with Crippen molar-refractivity contribution >= 4 is 12.2 Å². The Kier molecular flexibility index (Phi) is 2.46. The number of imidazole rings is 1. The van der Waals surface area contributed by atoms with Crippen molar-refractivity contribution in [2.24, 2.45) is 0 Å². The molecule has 0 atom stereocenters. The summed E-state index contributed by atoms with van der Waals surface area (Å²) in [5.74, 6) is 0. The smallest absolute Gasteiger partial charge is 0.205 e. The fourth-order valence-corrected chi connectivity index (χ4v) is 2.20. The van der Waals surface area contributed by atoms with Crippen molar-refractivity contribution < 1.29 is 0 Å². The fraction of sp³-hybridized carbons (Fsp3) is 0. The number of para-hydroxylation sites is 1. The molecule has 0 N–H and O–H groups in total. The molecule has 3 rings (SSSR count). The maximum absolute atomic E-state index is 5.32. The Balaban J connectivity index is 2.34. The van der Waals surface area contributed by atoms with Gasteiger partial charge in [0.1, 0.15) is 0 Å². The Morgan fingerprint density at radius 3 is 2.24 bits per heavy atom. The minimum absolute atomic E-state index is 0.595. The van der Waals surface area contributed by atoms with Crippen LogP contribution >= 0.6 is 12.2 Å². The number of benzene rings is 1. The Hall–Kier alpha value is -2.00. The molecule has 1 heterocycles. The molecule has 0 aromatic heterocycles. The third-order valence-corrected chi connectivity index (χ3v) is 2.93. The van der Waals surface area contributed by atoms with E-state index in [0.29, 0.717) is 4.77 Å². The highest BCUT2D eigenvalue weighted by Gasteiger charge is 2.11.